The summed E-state index contributed by atoms with van der Waals surface area (Å²) in [6, 6.07) is 13.2. The van der Waals surface area contributed by atoms with Crippen molar-refractivity contribution in [3.05, 3.63) is 73.7 Å². The largest absolute Gasteiger partial charge is 0.309 e. The second kappa shape index (κ2) is 6.63. The molecule has 0 saturated carbocycles. The average Bonchev–Trinajstić information content (AvgIpc) is 2.42. The van der Waals surface area contributed by atoms with E-state index in [0.29, 0.717) is 11.0 Å². The lowest BCUT2D eigenvalue weighted by molar-refractivity contribution is -0.385. The first kappa shape index (κ1) is 14.7. The number of halogens is 1. The molecule has 0 bridgehead atoms. The molecule has 1 N–H and O–H groups in total. The van der Waals surface area contributed by atoms with Gasteiger partial charge in [0.15, 0.2) is 0 Å². The first-order valence-corrected chi connectivity index (χ1v) is 7.06. The van der Waals surface area contributed by atoms with Crippen LogP contribution in [0.2, 0.25) is 0 Å². The van der Waals surface area contributed by atoms with Crippen LogP contribution in [0.15, 0.2) is 46.9 Å². The van der Waals surface area contributed by atoms with Crippen molar-refractivity contribution >= 4 is 21.6 Å². The Kier molecular flexibility index (Phi) is 4.87. The fourth-order valence-corrected chi connectivity index (χ4v) is 2.53. The summed E-state index contributed by atoms with van der Waals surface area (Å²) in [6.07, 6.45) is 0. The average molecular weight is 335 g/mol. The van der Waals surface area contributed by atoms with Crippen molar-refractivity contribution in [1.82, 2.24) is 5.32 Å². The Labute approximate surface area is 126 Å². The van der Waals surface area contributed by atoms with E-state index in [1.54, 1.807) is 6.07 Å². The van der Waals surface area contributed by atoms with Crippen molar-refractivity contribution in [3.63, 3.8) is 0 Å². The summed E-state index contributed by atoms with van der Waals surface area (Å²) in [5.74, 6) is 0. The molecule has 0 aliphatic heterocycles. The van der Waals surface area contributed by atoms with Crippen molar-refractivity contribution in [3.8, 4) is 0 Å². The smallest absolute Gasteiger partial charge is 0.283 e. The van der Waals surface area contributed by atoms with Gasteiger partial charge in [-0.25, -0.2) is 0 Å². The zero-order chi connectivity index (χ0) is 14.5. The predicted octanol–water partition coefficient (Wildman–Crippen LogP) is 3.96. The first-order chi connectivity index (χ1) is 9.59. The molecule has 0 heterocycles. The van der Waals surface area contributed by atoms with Crippen LogP contribution in [0.5, 0.6) is 0 Å². The standard InChI is InChI=1S/C15H15BrN2O2/c1-11-5-2-3-6-12(11)9-17-10-13-7-4-8-14(15(13)16)18(19)20/h2-8,17H,9-10H2,1H3. The van der Waals surface area contributed by atoms with Gasteiger partial charge in [-0.3, -0.25) is 10.1 Å². The van der Waals surface area contributed by atoms with Gasteiger partial charge in [-0.1, -0.05) is 36.4 Å². The van der Waals surface area contributed by atoms with Gasteiger partial charge < -0.3 is 5.32 Å². The Morgan fingerprint density at radius 1 is 1.10 bits per heavy atom. The molecule has 0 aliphatic rings. The van der Waals surface area contributed by atoms with Crippen molar-refractivity contribution in [2.24, 2.45) is 0 Å². The van der Waals surface area contributed by atoms with E-state index in [9.17, 15) is 10.1 Å². The van der Waals surface area contributed by atoms with E-state index in [1.807, 2.05) is 18.2 Å². The van der Waals surface area contributed by atoms with E-state index in [-0.39, 0.29) is 10.6 Å². The molecule has 0 amide bonds. The molecule has 2 aromatic rings. The van der Waals surface area contributed by atoms with E-state index < -0.39 is 0 Å². The molecular formula is C15H15BrN2O2. The van der Waals surface area contributed by atoms with Crippen LogP contribution in [0, 0.1) is 17.0 Å². The van der Waals surface area contributed by atoms with Crippen LogP contribution in [0.25, 0.3) is 0 Å². The van der Waals surface area contributed by atoms with Gasteiger partial charge in [-0.2, -0.15) is 0 Å². The molecule has 0 aromatic heterocycles. The minimum Gasteiger partial charge on any atom is -0.309 e. The second-order valence-corrected chi connectivity index (χ2v) is 5.33. The number of nitrogens with zero attached hydrogens (tertiary/aromatic N) is 1. The van der Waals surface area contributed by atoms with Crippen LogP contribution < -0.4 is 5.32 Å². The highest BCUT2D eigenvalue weighted by atomic mass is 79.9. The highest BCUT2D eigenvalue weighted by Crippen LogP contribution is 2.28. The van der Waals surface area contributed by atoms with Gasteiger partial charge in [0, 0.05) is 19.2 Å². The maximum Gasteiger partial charge on any atom is 0.283 e. The lowest BCUT2D eigenvalue weighted by Gasteiger charge is -2.09. The molecule has 20 heavy (non-hydrogen) atoms. The van der Waals surface area contributed by atoms with Crippen molar-refractivity contribution < 1.29 is 4.92 Å². The van der Waals surface area contributed by atoms with Gasteiger partial charge in [-0.15, -0.1) is 0 Å². The number of hydrogen-bond acceptors (Lipinski definition) is 3. The molecule has 5 heteroatoms. The zero-order valence-electron chi connectivity index (χ0n) is 11.1. The number of nitro groups is 1. The maximum absolute atomic E-state index is 10.9. The molecule has 0 aliphatic carbocycles. The Bertz CT molecular complexity index is 629. The molecule has 104 valence electrons. The molecule has 0 spiro atoms. The fourth-order valence-electron chi connectivity index (χ4n) is 1.98. The Balaban J connectivity index is 2.03. The summed E-state index contributed by atoms with van der Waals surface area (Å²) < 4.78 is 0.544. The topological polar surface area (TPSA) is 55.2 Å². The van der Waals surface area contributed by atoms with Crippen molar-refractivity contribution in [1.29, 1.82) is 0 Å². The monoisotopic (exact) mass is 334 g/mol. The van der Waals surface area contributed by atoms with E-state index in [4.69, 9.17) is 0 Å². The van der Waals surface area contributed by atoms with Crippen molar-refractivity contribution in [2.75, 3.05) is 0 Å². The summed E-state index contributed by atoms with van der Waals surface area (Å²) in [6.45, 7) is 3.39. The van der Waals surface area contributed by atoms with Gasteiger partial charge in [0.05, 0.1) is 9.40 Å². The summed E-state index contributed by atoms with van der Waals surface area (Å²) in [4.78, 5) is 10.5. The lowest BCUT2D eigenvalue weighted by Crippen LogP contribution is -2.14. The normalized spacial score (nSPS) is 10.5. The molecule has 2 rings (SSSR count). The third-order valence-electron chi connectivity index (χ3n) is 3.15. The quantitative estimate of drug-likeness (QED) is 0.665. The molecule has 0 saturated heterocycles. The summed E-state index contributed by atoms with van der Waals surface area (Å²) in [7, 11) is 0. The van der Waals surface area contributed by atoms with Gasteiger partial charge in [0.2, 0.25) is 0 Å². The van der Waals surface area contributed by atoms with E-state index in [0.717, 1.165) is 12.1 Å². The van der Waals surface area contributed by atoms with Crippen LogP contribution in [0.3, 0.4) is 0 Å². The molecule has 0 radical (unpaired) electrons. The molecule has 0 fully saturated rings. The van der Waals surface area contributed by atoms with Gasteiger partial charge in [0.25, 0.3) is 5.69 Å². The second-order valence-electron chi connectivity index (χ2n) is 4.54. The van der Waals surface area contributed by atoms with Crippen molar-refractivity contribution in [2.45, 2.75) is 20.0 Å². The van der Waals surface area contributed by atoms with Gasteiger partial charge in [-0.05, 0) is 39.5 Å². The molecule has 0 unspecified atom stereocenters. The highest BCUT2D eigenvalue weighted by molar-refractivity contribution is 9.10. The SMILES string of the molecule is Cc1ccccc1CNCc1cccc([N+](=O)[O-])c1Br. The molecular weight excluding hydrogens is 320 g/mol. The van der Waals surface area contributed by atoms with Gasteiger partial charge >= 0.3 is 0 Å². The molecule has 4 nitrogen and oxygen atoms in total. The number of nitrogens with one attached hydrogen (secondary N) is 1. The lowest BCUT2D eigenvalue weighted by atomic mass is 10.1. The van der Waals surface area contributed by atoms with Crippen LogP contribution in [0.4, 0.5) is 5.69 Å². The van der Waals surface area contributed by atoms with E-state index in [2.05, 4.69) is 40.3 Å². The number of hydrogen-bond donors (Lipinski definition) is 1. The predicted molar refractivity (Wildman–Crippen MR) is 82.5 cm³/mol. The number of nitro benzene ring substituents is 1. The Morgan fingerprint density at radius 3 is 2.45 bits per heavy atom. The van der Waals surface area contributed by atoms with Crippen LogP contribution in [-0.4, -0.2) is 4.92 Å². The van der Waals surface area contributed by atoms with Crippen LogP contribution in [0.1, 0.15) is 16.7 Å². The van der Waals surface area contributed by atoms with Crippen LogP contribution >= 0.6 is 15.9 Å². The maximum atomic E-state index is 10.9. The minimum atomic E-state index is -0.380. The Morgan fingerprint density at radius 2 is 1.75 bits per heavy atom. The molecule has 2 aromatic carbocycles. The fraction of sp³-hybridized carbons (Fsp3) is 0.200. The summed E-state index contributed by atoms with van der Waals surface area (Å²) in [5.41, 5.74) is 3.44. The number of aryl methyl sites for hydroxylation is 1. The van der Waals surface area contributed by atoms with Crippen LogP contribution in [-0.2, 0) is 13.1 Å². The Hall–Kier alpha value is -1.72. The first-order valence-electron chi connectivity index (χ1n) is 6.26. The summed E-state index contributed by atoms with van der Waals surface area (Å²) in [5, 5.41) is 14.2. The summed E-state index contributed by atoms with van der Waals surface area (Å²) >= 11 is 3.30. The third kappa shape index (κ3) is 3.43. The van der Waals surface area contributed by atoms with E-state index >= 15 is 0 Å². The number of benzene rings is 2. The zero-order valence-corrected chi connectivity index (χ0v) is 12.7. The molecule has 0 atom stereocenters. The third-order valence-corrected chi connectivity index (χ3v) is 4.06. The number of rotatable bonds is 5. The van der Waals surface area contributed by atoms with Gasteiger partial charge in [0.1, 0.15) is 0 Å². The minimum absolute atomic E-state index is 0.0974. The highest BCUT2D eigenvalue weighted by Gasteiger charge is 2.14. The van der Waals surface area contributed by atoms with E-state index in [1.165, 1.54) is 17.2 Å².